The second-order valence-corrected chi connectivity index (χ2v) is 12.5. The van der Waals surface area contributed by atoms with Gasteiger partial charge in [-0.25, -0.2) is 0 Å². The van der Waals surface area contributed by atoms with E-state index in [-0.39, 0.29) is 49.5 Å². The van der Waals surface area contributed by atoms with Crippen LogP contribution >= 0.6 is 0 Å². The topological polar surface area (TPSA) is 146 Å². The summed E-state index contributed by atoms with van der Waals surface area (Å²) >= 11 is 0. The Morgan fingerprint density at radius 2 is 1.49 bits per heavy atom. The van der Waals surface area contributed by atoms with Crippen LogP contribution in [0, 0.1) is 0 Å². The average Bonchev–Trinajstić information content (AvgIpc) is 3.12. The molecule has 0 unspecified atom stereocenters. The molecule has 0 spiro atoms. The molecule has 0 aliphatic carbocycles. The van der Waals surface area contributed by atoms with Crippen molar-refractivity contribution < 1.29 is 29.3 Å². The first-order valence-corrected chi connectivity index (χ1v) is 16.7. The molecule has 5 atom stereocenters. The number of hydrogen-bond donors (Lipinski definition) is 5. The number of amides is 2. The molecule has 258 valence electrons. The molecule has 6 N–H and O–H groups in total. The third kappa shape index (κ3) is 9.97. The van der Waals surface area contributed by atoms with Gasteiger partial charge in [0.25, 0.3) is 0 Å². The van der Waals surface area contributed by atoms with Crippen LogP contribution in [-0.4, -0.2) is 52.7 Å². The minimum absolute atomic E-state index is 0.0331. The number of rotatable bonds is 14. The number of carbonyl (C=O) groups excluding carboxylic acids is 2. The number of nitrogen functional groups attached to an aromatic ring is 1. The number of carbonyl (C=O) groups is 2. The van der Waals surface area contributed by atoms with Crippen LogP contribution in [0.3, 0.4) is 0 Å². The van der Waals surface area contributed by atoms with Crippen molar-refractivity contribution in [1.29, 1.82) is 0 Å². The minimum atomic E-state index is -0.661. The molecule has 1 heterocycles. The molecule has 0 radical (unpaired) electrons. The average molecular weight is 667 g/mol. The Morgan fingerprint density at radius 3 is 2.16 bits per heavy atom. The monoisotopic (exact) mass is 666 g/mol. The number of likely N-dealkylation sites (N-methyl/N-ethyl adjacent to an activating group) is 1. The lowest BCUT2D eigenvalue weighted by Gasteiger charge is -2.39. The van der Waals surface area contributed by atoms with E-state index in [1.165, 1.54) is 0 Å². The number of ether oxygens (including phenoxy) is 2. The summed E-state index contributed by atoms with van der Waals surface area (Å²) < 4.78 is 13.0. The van der Waals surface area contributed by atoms with E-state index in [0.717, 1.165) is 22.3 Å². The second-order valence-electron chi connectivity index (χ2n) is 12.5. The number of nitrogens with two attached hydrogens (primary N) is 1. The lowest BCUT2D eigenvalue weighted by Crippen LogP contribution is -2.43. The first kappa shape index (κ1) is 35.7. The van der Waals surface area contributed by atoms with Crippen LogP contribution in [0.4, 0.5) is 17.1 Å². The zero-order chi connectivity index (χ0) is 34.8. The first-order valence-electron chi connectivity index (χ1n) is 16.7. The molecular formula is C39H46N4O6. The normalized spacial score (nSPS) is 18.8. The molecule has 0 bridgehead atoms. The molecule has 10 nitrogen and oxygen atoms in total. The van der Waals surface area contributed by atoms with Gasteiger partial charge < -0.3 is 36.1 Å². The highest BCUT2D eigenvalue weighted by atomic mass is 16.7. The maximum absolute atomic E-state index is 12.6. The Bertz CT molecular complexity index is 1650. The lowest BCUT2D eigenvalue weighted by molar-refractivity contribution is -0.253. The Kier molecular flexibility index (Phi) is 12.5. The molecule has 5 rings (SSSR count). The summed E-state index contributed by atoms with van der Waals surface area (Å²) in [5.74, 6) is -0.386. The van der Waals surface area contributed by atoms with E-state index < -0.39 is 12.4 Å². The van der Waals surface area contributed by atoms with Gasteiger partial charge in [0.2, 0.25) is 11.8 Å². The van der Waals surface area contributed by atoms with Crippen LogP contribution in [0.5, 0.6) is 0 Å². The van der Waals surface area contributed by atoms with Crippen LogP contribution in [-0.2, 0) is 25.7 Å². The summed E-state index contributed by atoms with van der Waals surface area (Å²) in [7, 11) is 1.98. The molecule has 4 aromatic rings. The summed E-state index contributed by atoms with van der Waals surface area (Å²) in [5.41, 5.74) is 11.0. The third-order valence-corrected chi connectivity index (χ3v) is 8.91. The van der Waals surface area contributed by atoms with Crippen LogP contribution in [0.25, 0.3) is 0 Å². The molecule has 1 aliphatic rings. The van der Waals surface area contributed by atoms with Crippen LogP contribution in [0.1, 0.15) is 73.4 Å². The first-order chi connectivity index (χ1) is 23.7. The van der Waals surface area contributed by atoms with Gasteiger partial charge in [-0.3, -0.25) is 14.5 Å². The van der Waals surface area contributed by atoms with Crippen molar-refractivity contribution in [2.24, 2.45) is 0 Å². The summed E-state index contributed by atoms with van der Waals surface area (Å²) in [6.45, 7) is 2.54. The van der Waals surface area contributed by atoms with Crippen LogP contribution < -0.4 is 16.4 Å². The zero-order valence-corrected chi connectivity index (χ0v) is 28.0. The van der Waals surface area contributed by atoms with E-state index in [4.69, 9.17) is 15.2 Å². The number of benzene rings is 4. The van der Waals surface area contributed by atoms with Gasteiger partial charge in [-0.05, 0) is 61.3 Å². The quantitative estimate of drug-likeness (QED) is 0.101. The number of hydrogen-bond acceptors (Lipinski definition) is 8. The third-order valence-electron chi connectivity index (χ3n) is 8.91. The van der Waals surface area contributed by atoms with E-state index >= 15 is 0 Å². The van der Waals surface area contributed by atoms with E-state index in [0.29, 0.717) is 36.4 Å². The smallest absolute Gasteiger partial charge is 0.224 e. The molecule has 2 amide bonds. The summed E-state index contributed by atoms with van der Waals surface area (Å²) in [4.78, 5) is 27.0. The van der Waals surface area contributed by atoms with E-state index in [9.17, 15) is 19.8 Å². The van der Waals surface area contributed by atoms with Crippen molar-refractivity contribution in [2.75, 3.05) is 30.0 Å². The van der Waals surface area contributed by atoms with Gasteiger partial charge >= 0.3 is 0 Å². The van der Waals surface area contributed by atoms with Gasteiger partial charge in [0.05, 0.1) is 36.3 Å². The zero-order valence-electron chi connectivity index (χ0n) is 28.0. The molecular weight excluding hydrogens is 620 g/mol. The number of aliphatic hydroxyl groups excluding tert-OH is 2. The molecule has 1 saturated heterocycles. The fourth-order valence-electron chi connectivity index (χ4n) is 5.87. The van der Waals surface area contributed by atoms with Crippen LogP contribution in [0.15, 0.2) is 103 Å². The van der Waals surface area contributed by atoms with Crippen molar-refractivity contribution in [3.8, 4) is 0 Å². The van der Waals surface area contributed by atoms with Crippen LogP contribution in [0.2, 0.25) is 0 Å². The number of anilines is 3. The fraction of sp³-hybridized carbons (Fsp3) is 0.333. The van der Waals surface area contributed by atoms with Crippen molar-refractivity contribution in [2.45, 2.75) is 69.9 Å². The van der Waals surface area contributed by atoms with Gasteiger partial charge in [-0.2, -0.15) is 0 Å². The Morgan fingerprint density at radius 1 is 0.857 bits per heavy atom. The van der Waals surface area contributed by atoms with E-state index in [1.807, 2.05) is 92.8 Å². The SMILES string of the molecule is C[C@@H]([C@H](O)c1ccccc1)N(C)C[C@@H]1C[C@H](c2ccc(CO)cc2)O[C@H](c2ccc(NC(=O)CCCC(=O)Nc3ccccc3N)cc2)O1. The molecule has 1 fully saturated rings. The van der Waals surface area contributed by atoms with Gasteiger partial charge in [-0.15, -0.1) is 0 Å². The predicted octanol–water partition coefficient (Wildman–Crippen LogP) is 6.11. The van der Waals surface area contributed by atoms with Crippen molar-refractivity contribution >= 4 is 28.9 Å². The summed E-state index contributed by atoms with van der Waals surface area (Å²) in [6, 6.07) is 31.6. The summed E-state index contributed by atoms with van der Waals surface area (Å²) in [5, 5.41) is 26.2. The minimum Gasteiger partial charge on any atom is -0.397 e. The van der Waals surface area contributed by atoms with E-state index in [1.54, 1.807) is 24.3 Å². The van der Waals surface area contributed by atoms with Gasteiger partial charge in [-0.1, -0.05) is 78.9 Å². The number of aliphatic hydroxyl groups is 2. The number of nitrogens with one attached hydrogen (secondary N) is 2. The molecule has 0 saturated carbocycles. The highest BCUT2D eigenvalue weighted by Gasteiger charge is 2.34. The molecule has 0 aromatic heterocycles. The molecule has 1 aliphatic heterocycles. The van der Waals surface area contributed by atoms with E-state index in [2.05, 4.69) is 15.5 Å². The largest absolute Gasteiger partial charge is 0.397 e. The van der Waals surface area contributed by atoms with Gasteiger partial charge in [0.1, 0.15) is 0 Å². The van der Waals surface area contributed by atoms with Gasteiger partial charge in [0.15, 0.2) is 6.29 Å². The Labute approximate surface area is 287 Å². The maximum Gasteiger partial charge on any atom is 0.224 e. The Hall–Kier alpha value is -4.58. The van der Waals surface area contributed by atoms with Crippen molar-refractivity contribution in [3.05, 3.63) is 125 Å². The molecule has 49 heavy (non-hydrogen) atoms. The molecule has 4 aromatic carbocycles. The highest BCUT2D eigenvalue weighted by Crippen LogP contribution is 2.38. The maximum atomic E-state index is 12.6. The second kappa shape index (κ2) is 17.2. The Balaban J connectivity index is 1.19. The fourth-order valence-corrected chi connectivity index (χ4v) is 5.87. The number of para-hydroxylation sites is 2. The highest BCUT2D eigenvalue weighted by molar-refractivity contribution is 5.94. The lowest BCUT2D eigenvalue weighted by atomic mass is 9.98. The summed E-state index contributed by atoms with van der Waals surface area (Å²) in [6.07, 6.45) is -0.384. The molecule has 10 heteroatoms. The number of nitrogens with zero attached hydrogens (tertiary/aromatic N) is 1. The predicted molar refractivity (Wildman–Crippen MR) is 190 cm³/mol. The van der Waals surface area contributed by atoms with Crippen molar-refractivity contribution in [3.63, 3.8) is 0 Å². The van der Waals surface area contributed by atoms with Gasteiger partial charge in [0, 0.05) is 43.1 Å². The van der Waals surface area contributed by atoms with Crippen molar-refractivity contribution in [1.82, 2.24) is 4.90 Å². The standard InChI is InChI=1S/C39H46N4O6/c1-26(38(47)29-9-4-3-5-10-29)43(2)24-32-23-35(28-17-15-27(25-44)16-18-28)49-39(48-32)30-19-21-31(22-20-30)41-36(45)13-8-14-37(46)42-34-12-7-6-11-33(34)40/h3-7,9-12,15-22,26,32,35,38-39,44,47H,8,13-14,23-25,40H2,1-2H3,(H,41,45)(H,42,46)/t26-,32-,35+,38-,39+/m0/s1.